The molecule has 0 spiro atoms. The van der Waals surface area contributed by atoms with Gasteiger partial charge in [-0.05, 0) is 44.4 Å². The van der Waals surface area contributed by atoms with Gasteiger partial charge in [-0.2, -0.15) is 0 Å². The Morgan fingerprint density at radius 1 is 1.67 bits per heavy atom. The Kier molecular flexibility index (Phi) is 5.44. The number of hydrogen-bond acceptors (Lipinski definition) is 1. The Hall–Kier alpha value is 0.400. The number of aliphatic hydroxyl groups is 1. The third kappa shape index (κ3) is 6.28. The third-order valence-corrected chi connectivity index (χ3v) is 1.26. The molecule has 1 nitrogen and oxygen atoms in total. The summed E-state index contributed by atoms with van der Waals surface area (Å²) in [6.45, 7) is 3.49. The summed E-state index contributed by atoms with van der Waals surface area (Å²) < 4.78 is 0.768. The first kappa shape index (κ1) is 9.40. The van der Waals surface area contributed by atoms with Crippen LogP contribution in [0.5, 0.6) is 0 Å². The molecule has 0 bridgehead atoms. The van der Waals surface area contributed by atoms with Gasteiger partial charge in [0.05, 0.1) is 9.50 Å². The first-order chi connectivity index (χ1) is 4.16. The highest BCUT2D eigenvalue weighted by atomic mass is 79.9. The van der Waals surface area contributed by atoms with E-state index in [0.717, 1.165) is 3.39 Å². The summed E-state index contributed by atoms with van der Waals surface area (Å²) in [6.07, 6.45) is 3.48. The van der Waals surface area contributed by atoms with Crippen LogP contribution in [0.4, 0.5) is 0 Å². The number of aliphatic hydroxyl groups excluding tert-OH is 1. The fourth-order valence-electron chi connectivity index (χ4n) is 0.384. The van der Waals surface area contributed by atoms with Gasteiger partial charge >= 0.3 is 0 Å². The molecule has 0 amide bonds. The van der Waals surface area contributed by atoms with Crippen molar-refractivity contribution in [3.05, 3.63) is 22.1 Å². The van der Waals surface area contributed by atoms with Crippen LogP contribution >= 0.6 is 31.9 Å². The van der Waals surface area contributed by atoms with Crippen molar-refractivity contribution in [2.75, 3.05) is 0 Å². The van der Waals surface area contributed by atoms with Gasteiger partial charge in [0.15, 0.2) is 0 Å². The largest absolute Gasteiger partial charge is 0.389 e. The van der Waals surface area contributed by atoms with Crippen molar-refractivity contribution in [3.63, 3.8) is 0 Å². The van der Waals surface area contributed by atoms with Crippen molar-refractivity contribution in [1.82, 2.24) is 0 Å². The summed E-state index contributed by atoms with van der Waals surface area (Å²) in [6, 6.07) is 0. The van der Waals surface area contributed by atoms with E-state index in [0.29, 0.717) is 6.42 Å². The van der Waals surface area contributed by atoms with Gasteiger partial charge in [0.2, 0.25) is 0 Å². The van der Waals surface area contributed by atoms with E-state index in [1.54, 1.807) is 12.2 Å². The van der Waals surface area contributed by atoms with Crippen LogP contribution in [0, 0.1) is 0 Å². The van der Waals surface area contributed by atoms with Crippen LogP contribution in [0.1, 0.15) is 6.42 Å². The van der Waals surface area contributed by atoms with E-state index < -0.39 is 6.10 Å². The summed E-state index contributed by atoms with van der Waals surface area (Å²) in [5.74, 6) is 0. The van der Waals surface area contributed by atoms with Gasteiger partial charge in [-0.15, -0.1) is 6.58 Å². The molecule has 52 valence electrons. The smallest absolute Gasteiger partial charge is 0.0774 e. The lowest BCUT2D eigenvalue weighted by Gasteiger charge is -1.98. The zero-order valence-corrected chi connectivity index (χ0v) is 8.02. The topological polar surface area (TPSA) is 20.2 Å². The van der Waals surface area contributed by atoms with E-state index in [2.05, 4.69) is 38.4 Å². The van der Waals surface area contributed by atoms with Gasteiger partial charge in [-0.1, -0.05) is 6.08 Å². The predicted octanol–water partition coefficient (Wildman–Crippen LogP) is 2.55. The van der Waals surface area contributed by atoms with Crippen molar-refractivity contribution in [3.8, 4) is 0 Å². The van der Waals surface area contributed by atoms with Gasteiger partial charge in [0, 0.05) is 0 Å². The second-order valence-electron chi connectivity index (χ2n) is 1.55. The highest BCUT2D eigenvalue weighted by Gasteiger charge is 1.95. The fraction of sp³-hybridized carbons (Fsp3) is 0.333. The van der Waals surface area contributed by atoms with Gasteiger partial charge in [-0.3, -0.25) is 0 Å². The molecule has 1 N–H and O–H groups in total. The van der Waals surface area contributed by atoms with Crippen molar-refractivity contribution in [2.45, 2.75) is 12.5 Å². The predicted molar refractivity (Wildman–Crippen MR) is 46.8 cm³/mol. The van der Waals surface area contributed by atoms with Crippen LogP contribution in [0.3, 0.4) is 0 Å². The normalized spacial score (nSPS) is 12.3. The maximum atomic E-state index is 9.01. The molecule has 0 unspecified atom stereocenters. The van der Waals surface area contributed by atoms with Gasteiger partial charge in [0.25, 0.3) is 0 Å². The summed E-state index contributed by atoms with van der Waals surface area (Å²) in [5, 5.41) is 9.01. The molecule has 9 heavy (non-hydrogen) atoms. The molecule has 3 heteroatoms. The number of rotatable bonds is 3. The van der Waals surface area contributed by atoms with Crippen LogP contribution in [0.2, 0.25) is 0 Å². The molecule has 1 atom stereocenters. The van der Waals surface area contributed by atoms with Crippen LogP contribution < -0.4 is 0 Å². The van der Waals surface area contributed by atoms with Gasteiger partial charge in [0.1, 0.15) is 0 Å². The molecule has 0 aromatic carbocycles. The Bertz CT molecular complexity index is 116. The van der Waals surface area contributed by atoms with Crippen LogP contribution in [0.15, 0.2) is 22.1 Å². The molecule has 0 aliphatic carbocycles. The van der Waals surface area contributed by atoms with E-state index in [1.165, 1.54) is 0 Å². The van der Waals surface area contributed by atoms with Crippen molar-refractivity contribution >= 4 is 31.9 Å². The second kappa shape index (κ2) is 5.21. The van der Waals surface area contributed by atoms with E-state index in [1.807, 2.05) is 0 Å². The molecule has 0 heterocycles. The van der Waals surface area contributed by atoms with Crippen LogP contribution in [-0.4, -0.2) is 11.2 Å². The first-order valence-electron chi connectivity index (χ1n) is 2.48. The van der Waals surface area contributed by atoms with E-state index >= 15 is 0 Å². The maximum absolute atomic E-state index is 9.01. The molecule has 0 saturated carbocycles. The minimum Gasteiger partial charge on any atom is -0.389 e. The lowest BCUT2D eigenvalue weighted by Crippen LogP contribution is -1.98. The average molecular weight is 256 g/mol. The van der Waals surface area contributed by atoms with Gasteiger partial charge in [-0.25, -0.2) is 0 Å². The highest BCUT2D eigenvalue weighted by molar-refractivity contribution is 9.28. The molecule has 0 saturated heterocycles. The fourth-order valence-corrected chi connectivity index (χ4v) is 0.994. The maximum Gasteiger partial charge on any atom is 0.0774 e. The van der Waals surface area contributed by atoms with E-state index in [9.17, 15) is 0 Å². The lowest BCUT2D eigenvalue weighted by molar-refractivity contribution is 0.227. The quantitative estimate of drug-likeness (QED) is 0.769. The van der Waals surface area contributed by atoms with E-state index in [-0.39, 0.29) is 0 Å². The Balaban J connectivity index is 3.61. The monoisotopic (exact) mass is 254 g/mol. The zero-order valence-electron chi connectivity index (χ0n) is 4.85. The SMILES string of the molecule is C=CC[C@H](O)C=C(Br)Br. The minimum atomic E-state index is -0.434. The summed E-state index contributed by atoms with van der Waals surface area (Å²) in [5.41, 5.74) is 0. The number of hydrogen-bond donors (Lipinski definition) is 1. The Morgan fingerprint density at radius 3 is 2.56 bits per heavy atom. The third-order valence-electron chi connectivity index (χ3n) is 0.727. The van der Waals surface area contributed by atoms with E-state index in [4.69, 9.17) is 5.11 Å². The summed E-state index contributed by atoms with van der Waals surface area (Å²) in [4.78, 5) is 0. The molecule has 0 aliphatic heterocycles. The minimum absolute atomic E-state index is 0.434. The highest BCUT2D eigenvalue weighted by Crippen LogP contribution is 2.14. The lowest BCUT2D eigenvalue weighted by atomic mass is 10.2. The summed E-state index contributed by atoms with van der Waals surface area (Å²) in [7, 11) is 0. The van der Waals surface area contributed by atoms with Crippen molar-refractivity contribution in [2.24, 2.45) is 0 Å². The number of halogens is 2. The second-order valence-corrected chi connectivity index (χ2v) is 4.32. The molecule has 0 radical (unpaired) electrons. The standard InChI is InChI=1S/C6H8Br2O/c1-2-3-5(9)4-6(7)8/h2,4-5,9H,1,3H2/t5-/m0/s1. The molecular formula is C6H8Br2O. The Labute approximate surface area is 71.7 Å². The molecular weight excluding hydrogens is 248 g/mol. The summed E-state index contributed by atoms with van der Waals surface area (Å²) >= 11 is 6.26. The Morgan fingerprint density at radius 2 is 2.22 bits per heavy atom. The molecule has 0 rings (SSSR count). The zero-order chi connectivity index (χ0) is 7.28. The first-order valence-corrected chi connectivity index (χ1v) is 4.07. The molecule has 0 aromatic rings. The van der Waals surface area contributed by atoms with Gasteiger partial charge < -0.3 is 5.11 Å². The van der Waals surface area contributed by atoms with Crippen LogP contribution in [0.25, 0.3) is 0 Å². The molecule has 0 aromatic heterocycles. The van der Waals surface area contributed by atoms with Crippen molar-refractivity contribution < 1.29 is 5.11 Å². The molecule has 0 aliphatic rings. The van der Waals surface area contributed by atoms with Crippen molar-refractivity contribution in [1.29, 1.82) is 0 Å². The average Bonchev–Trinajstić information content (AvgIpc) is 1.63. The van der Waals surface area contributed by atoms with Crippen LogP contribution in [-0.2, 0) is 0 Å². The molecule has 0 fully saturated rings.